The number of likely N-dealkylation sites (N-methyl/N-ethyl adjacent to an activating group) is 1. The predicted molar refractivity (Wildman–Crippen MR) is 60.6 cm³/mol. The van der Waals surface area contributed by atoms with Gasteiger partial charge in [0.25, 0.3) is 5.56 Å². The van der Waals surface area contributed by atoms with Gasteiger partial charge in [0.05, 0.1) is 23.8 Å². The molecule has 82 valence electrons. The van der Waals surface area contributed by atoms with Gasteiger partial charge < -0.3 is 10.3 Å². The molecule has 16 heavy (non-hydrogen) atoms. The molecule has 0 atom stereocenters. The van der Waals surface area contributed by atoms with Crippen LogP contribution in [0.3, 0.4) is 0 Å². The number of hydrogen-bond acceptors (Lipinski definition) is 4. The van der Waals surface area contributed by atoms with Gasteiger partial charge in [0.15, 0.2) is 5.78 Å². The topological polar surface area (TPSA) is 74.8 Å². The highest BCUT2D eigenvalue weighted by molar-refractivity contribution is 6.00. The number of ketones is 1. The average Bonchev–Trinajstić information content (AvgIpc) is 2.28. The molecule has 0 spiro atoms. The SMILES string of the molecule is CNCC(=O)c1ccc2[nH]c(=O)cnc2c1. The highest BCUT2D eigenvalue weighted by Crippen LogP contribution is 2.10. The zero-order valence-corrected chi connectivity index (χ0v) is 8.78. The molecule has 0 aliphatic heterocycles. The lowest BCUT2D eigenvalue weighted by Gasteiger charge is -2.01. The molecule has 2 aromatic rings. The number of carbonyl (C=O) groups is 1. The first-order valence-electron chi connectivity index (χ1n) is 4.87. The molecule has 0 aliphatic rings. The molecule has 0 saturated carbocycles. The number of carbonyl (C=O) groups excluding carboxylic acids is 1. The maximum Gasteiger partial charge on any atom is 0.266 e. The van der Waals surface area contributed by atoms with Gasteiger partial charge in [-0.2, -0.15) is 0 Å². The summed E-state index contributed by atoms with van der Waals surface area (Å²) in [5, 5.41) is 2.80. The van der Waals surface area contributed by atoms with E-state index in [2.05, 4.69) is 15.3 Å². The first-order chi connectivity index (χ1) is 7.70. The minimum atomic E-state index is -0.248. The fourth-order valence-corrected chi connectivity index (χ4v) is 1.47. The summed E-state index contributed by atoms with van der Waals surface area (Å²) in [4.78, 5) is 29.2. The Balaban J connectivity index is 2.48. The van der Waals surface area contributed by atoms with Crippen molar-refractivity contribution in [1.29, 1.82) is 0 Å². The van der Waals surface area contributed by atoms with Gasteiger partial charge in [-0.3, -0.25) is 9.59 Å². The lowest BCUT2D eigenvalue weighted by atomic mass is 10.1. The summed E-state index contributed by atoms with van der Waals surface area (Å²) in [7, 11) is 1.72. The number of nitrogens with one attached hydrogen (secondary N) is 2. The van der Waals surface area contributed by atoms with E-state index in [1.165, 1.54) is 6.20 Å². The number of Topliss-reactive ketones (excluding diaryl/α,β-unsaturated/α-hetero) is 1. The Labute approximate surface area is 91.5 Å². The molecule has 1 heterocycles. The smallest absolute Gasteiger partial charge is 0.266 e. The molecule has 0 saturated heterocycles. The van der Waals surface area contributed by atoms with E-state index in [9.17, 15) is 9.59 Å². The van der Waals surface area contributed by atoms with Crippen molar-refractivity contribution in [2.45, 2.75) is 0 Å². The second kappa shape index (κ2) is 4.24. The van der Waals surface area contributed by atoms with E-state index in [0.717, 1.165) is 0 Å². The van der Waals surface area contributed by atoms with Crippen molar-refractivity contribution in [3.63, 3.8) is 0 Å². The van der Waals surface area contributed by atoms with Crippen LogP contribution in [-0.4, -0.2) is 29.3 Å². The highest BCUT2D eigenvalue weighted by Gasteiger charge is 2.05. The largest absolute Gasteiger partial charge is 0.319 e. The summed E-state index contributed by atoms with van der Waals surface area (Å²) < 4.78 is 0. The van der Waals surface area contributed by atoms with Crippen LogP contribution in [0.2, 0.25) is 0 Å². The van der Waals surface area contributed by atoms with Gasteiger partial charge >= 0.3 is 0 Å². The van der Waals surface area contributed by atoms with Gasteiger partial charge in [0.1, 0.15) is 0 Å². The molecule has 5 nitrogen and oxygen atoms in total. The van der Waals surface area contributed by atoms with Crippen LogP contribution in [0.5, 0.6) is 0 Å². The molecular formula is C11H11N3O2. The zero-order chi connectivity index (χ0) is 11.5. The molecule has 0 radical (unpaired) electrons. The number of fused-ring (bicyclic) bond motifs is 1. The van der Waals surface area contributed by atoms with E-state index in [1.807, 2.05) is 0 Å². The third kappa shape index (κ3) is 1.99. The van der Waals surface area contributed by atoms with Crippen molar-refractivity contribution in [1.82, 2.24) is 15.3 Å². The Morgan fingerprint density at radius 2 is 2.31 bits per heavy atom. The second-order valence-corrected chi connectivity index (χ2v) is 3.43. The van der Waals surface area contributed by atoms with Gasteiger partial charge in [-0.25, -0.2) is 4.98 Å². The van der Waals surface area contributed by atoms with Gasteiger partial charge in [-0.1, -0.05) is 0 Å². The molecule has 5 heteroatoms. The number of benzene rings is 1. The summed E-state index contributed by atoms with van der Waals surface area (Å²) in [6, 6.07) is 5.04. The Morgan fingerprint density at radius 3 is 3.06 bits per heavy atom. The molecule has 0 bridgehead atoms. The van der Waals surface area contributed by atoms with Crippen LogP contribution in [0.25, 0.3) is 11.0 Å². The quantitative estimate of drug-likeness (QED) is 0.726. The van der Waals surface area contributed by atoms with Gasteiger partial charge in [0.2, 0.25) is 0 Å². The minimum Gasteiger partial charge on any atom is -0.319 e. The van der Waals surface area contributed by atoms with E-state index < -0.39 is 0 Å². The van der Waals surface area contributed by atoms with E-state index in [4.69, 9.17) is 0 Å². The van der Waals surface area contributed by atoms with Crippen molar-refractivity contribution in [2.75, 3.05) is 13.6 Å². The van der Waals surface area contributed by atoms with Crippen LogP contribution in [-0.2, 0) is 0 Å². The Morgan fingerprint density at radius 1 is 1.50 bits per heavy atom. The zero-order valence-electron chi connectivity index (χ0n) is 8.78. The van der Waals surface area contributed by atoms with Crippen LogP contribution < -0.4 is 10.9 Å². The molecule has 1 aromatic carbocycles. The Bertz CT molecular complexity index is 589. The van der Waals surface area contributed by atoms with Crippen LogP contribution in [0.1, 0.15) is 10.4 Å². The summed E-state index contributed by atoms with van der Waals surface area (Å²) in [6.07, 6.45) is 1.20. The summed E-state index contributed by atoms with van der Waals surface area (Å²) in [6.45, 7) is 0.287. The van der Waals surface area contributed by atoms with E-state index in [1.54, 1.807) is 25.2 Å². The lowest BCUT2D eigenvalue weighted by molar-refractivity contribution is 0.0993. The first kappa shape index (κ1) is 10.5. The number of aromatic amines is 1. The highest BCUT2D eigenvalue weighted by atomic mass is 16.1. The molecule has 0 amide bonds. The van der Waals surface area contributed by atoms with Crippen molar-refractivity contribution >= 4 is 16.8 Å². The second-order valence-electron chi connectivity index (χ2n) is 3.43. The Kier molecular flexibility index (Phi) is 2.78. The van der Waals surface area contributed by atoms with Gasteiger partial charge in [-0.15, -0.1) is 0 Å². The third-order valence-electron chi connectivity index (χ3n) is 2.24. The average molecular weight is 217 g/mol. The predicted octanol–water partition coefficient (Wildman–Crippen LogP) is 0.325. The van der Waals surface area contributed by atoms with Crippen LogP contribution >= 0.6 is 0 Å². The van der Waals surface area contributed by atoms with Crippen molar-refractivity contribution in [3.8, 4) is 0 Å². The van der Waals surface area contributed by atoms with Gasteiger partial charge in [-0.05, 0) is 25.2 Å². The lowest BCUT2D eigenvalue weighted by Crippen LogP contribution is -2.18. The molecule has 0 fully saturated rings. The number of rotatable bonds is 3. The normalized spacial score (nSPS) is 10.6. The fraction of sp³-hybridized carbons (Fsp3) is 0.182. The van der Waals surface area contributed by atoms with E-state index >= 15 is 0 Å². The fourth-order valence-electron chi connectivity index (χ4n) is 1.47. The minimum absolute atomic E-state index is 0.00241. The van der Waals surface area contributed by atoms with E-state index in [-0.39, 0.29) is 17.9 Å². The number of H-pyrrole nitrogens is 1. The molecular weight excluding hydrogens is 206 g/mol. The Hall–Kier alpha value is -2.01. The summed E-state index contributed by atoms with van der Waals surface area (Å²) >= 11 is 0. The summed E-state index contributed by atoms with van der Waals surface area (Å²) in [5.74, 6) is -0.00241. The van der Waals surface area contributed by atoms with Crippen LogP contribution in [0.15, 0.2) is 29.2 Å². The van der Waals surface area contributed by atoms with Gasteiger partial charge in [0, 0.05) is 5.56 Å². The van der Waals surface area contributed by atoms with Crippen LogP contribution in [0.4, 0.5) is 0 Å². The monoisotopic (exact) mass is 217 g/mol. The number of nitrogens with zero attached hydrogens (tertiary/aromatic N) is 1. The number of aromatic nitrogens is 2. The standard InChI is InChI=1S/C11H11N3O2/c1-12-5-10(15)7-2-3-8-9(4-7)13-6-11(16)14-8/h2-4,6,12H,5H2,1H3,(H,14,16). The van der Waals surface area contributed by atoms with Crippen molar-refractivity contribution in [3.05, 3.63) is 40.3 Å². The molecule has 0 aliphatic carbocycles. The molecule has 2 rings (SSSR count). The summed E-state index contributed by atoms with van der Waals surface area (Å²) in [5.41, 5.74) is 1.58. The van der Waals surface area contributed by atoms with Crippen molar-refractivity contribution < 1.29 is 4.79 Å². The van der Waals surface area contributed by atoms with Crippen molar-refractivity contribution in [2.24, 2.45) is 0 Å². The number of hydrogen-bond donors (Lipinski definition) is 2. The molecule has 1 aromatic heterocycles. The maximum atomic E-state index is 11.6. The third-order valence-corrected chi connectivity index (χ3v) is 2.24. The molecule has 2 N–H and O–H groups in total. The van der Waals surface area contributed by atoms with E-state index in [0.29, 0.717) is 16.6 Å². The molecule has 0 unspecified atom stereocenters. The van der Waals surface area contributed by atoms with Crippen LogP contribution in [0, 0.1) is 0 Å². The first-order valence-corrected chi connectivity index (χ1v) is 4.87. The maximum absolute atomic E-state index is 11.6.